The van der Waals surface area contributed by atoms with E-state index in [4.69, 9.17) is 4.74 Å². The topological polar surface area (TPSA) is 69.9 Å². The Labute approximate surface area is 105 Å². The van der Waals surface area contributed by atoms with Gasteiger partial charge in [-0.25, -0.2) is 14.5 Å². The molecule has 2 aromatic rings. The van der Waals surface area contributed by atoms with Gasteiger partial charge in [-0.1, -0.05) is 0 Å². The van der Waals surface area contributed by atoms with Gasteiger partial charge in [0.2, 0.25) is 0 Å². The van der Waals surface area contributed by atoms with Gasteiger partial charge in [0.25, 0.3) is 0 Å². The van der Waals surface area contributed by atoms with E-state index in [-0.39, 0.29) is 5.97 Å². The second-order valence-corrected chi connectivity index (χ2v) is 3.74. The lowest BCUT2D eigenvalue weighted by atomic mass is 10.2. The van der Waals surface area contributed by atoms with Crippen LogP contribution in [0.4, 0.5) is 0 Å². The molecule has 0 amide bonds. The summed E-state index contributed by atoms with van der Waals surface area (Å²) in [6.45, 7) is 5.69. The van der Waals surface area contributed by atoms with Crippen LogP contribution < -0.4 is 0 Å². The van der Waals surface area contributed by atoms with Crippen LogP contribution in [0.3, 0.4) is 0 Å². The first-order valence-corrected chi connectivity index (χ1v) is 5.65. The molecule has 2 rings (SSSR count). The minimum absolute atomic E-state index is 0.341. The zero-order valence-electron chi connectivity index (χ0n) is 10.5. The van der Waals surface area contributed by atoms with Gasteiger partial charge in [-0.15, -0.1) is 0 Å². The molecule has 0 saturated heterocycles. The predicted octanol–water partition coefficient (Wildman–Crippen LogP) is 1.46. The summed E-state index contributed by atoms with van der Waals surface area (Å²) in [5, 5.41) is 4.30. The number of nitrogens with zero attached hydrogens (tertiary/aromatic N) is 4. The third-order valence-corrected chi connectivity index (χ3v) is 2.54. The van der Waals surface area contributed by atoms with Crippen LogP contribution >= 0.6 is 0 Å². The second-order valence-electron chi connectivity index (χ2n) is 3.74. The van der Waals surface area contributed by atoms with Gasteiger partial charge < -0.3 is 4.74 Å². The fourth-order valence-electron chi connectivity index (χ4n) is 1.77. The summed E-state index contributed by atoms with van der Waals surface area (Å²) >= 11 is 0. The largest absolute Gasteiger partial charge is 0.462 e. The van der Waals surface area contributed by atoms with Crippen LogP contribution in [0, 0.1) is 13.8 Å². The van der Waals surface area contributed by atoms with E-state index in [9.17, 15) is 4.79 Å². The third-order valence-electron chi connectivity index (χ3n) is 2.54. The molecule has 2 aromatic heterocycles. The molecule has 0 N–H and O–H groups in total. The zero-order chi connectivity index (χ0) is 13.1. The predicted molar refractivity (Wildman–Crippen MR) is 64.6 cm³/mol. The van der Waals surface area contributed by atoms with E-state index in [1.807, 2.05) is 0 Å². The molecule has 0 spiro atoms. The number of carbonyl (C=O) groups excluding carboxylic acids is 1. The van der Waals surface area contributed by atoms with Crippen LogP contribution in [0.15, 0.2) is 18.6 Å². The lowest BCUT2D eigenvalue weighted by Crippen LogP contribution is -2.08. The number of esters is 1. The van der Waals surface area contributed by atoms with E-state index in [1.54, 1.807) is 44.0 Å². The van der Waals surface area contributed by atoms with Crippen LogP contribution in [0.5, 0.6) is 0 Å². The summed E-state index contributed by atoms with van der Waals surface area (Å²) in [4.78, 5) is 20.0. The minimum Gasteiger partial charge on any atom is -0.462 e. The molecule has 0 saturated carbocycles. The van der Waals surface area contributed by atoms with Crippen molar-refractivity contribution in [2.45, 2.75) is 20.8 Å². The highest BCUT2D eigenvalue weighted by Crippen LogP contribution is 2.17. The van der Waals surface area contributed by atoms with E-state index in [0.29, 0.717) is 29.4 Å². The fraction of sp³-hybridized carbons (Fsp3) is 0.333. The highest BCUT2D eigenvalue weighted by atomic mass is 16.5. The molecule has 0 aromatic carbocycles. The first-order chi connectivity index (χ1) is 8.65. The monoisotopic (exact) mass is 246 g/mol. The summed E-state index contributed by atoms with van der Waals surface area (Å²) in [5.74, 6) is 0.219. The third kappa shape index (κ3) is 2.09. The van der Waals surface area contributed by atoms with E-state index in [0.717, 1.165) is 0 Å². The standard InChI is InChI=1S/C12H14N4O2/c1-4-18-12(17)11-8(2)15-16(9(11)3)10-7-13-5-6-14-10/h5-7H,4H2,1-3H3. The van der Waals surface area contributed by atoms with Crippen molar-refractivity contribution < 1.29 is 9.53 Å². The number of carbonyl (C=O) groups is 1. The van der Waals surface area contributed by atoms with Gasteiger partial charge >= 0.3 is 5.97 Å². The molecule has 0 aliphatic rings. The molecule has 0 fully saturated rings. The Hall–Kier alpha value is -2.24. The van der Waals surface area contributed by atoms with Gasteiger partial charge in [0.1, 0.15) is 5.56 Å². The Morgan fingerprint density at radius 1 is 1.39 bits per heavy atom. The van der Waals surface area contributed by atoms with Crippen molar-refractivity contribution in [1.29, 1.82) is 0 Å². The van der Waals surface area contributed by atoms with E-state index < -0.39 is 0 Å². The van der Waals surface area contributed by atoms with E-state index >= 15 is 0 Å². The summed E-state index contributed by atoms with van der Waals surface area (Å²) < 4.78 is 6.60. The van der Waals surface area contributed by atoms with Gasteiger partial charge in [0, 0.05) is 12.4 Å². The molecular formula is C12H14N4O2. The molecular weight excluding hydrogens is 232 g/mol. The average molecular weight is 246 g/mol. The van der Waals surface area contributed by atoms with Gasteiger partial charge in [-0.2, -0.15) is 5.10 Å². The molecule has 0 radical (unpaired) electrons. The number of ether oxygens (including phenoxy) is 1. The molecule has 6 heteroatoms. The van der Waals surface area contributed by atoms with Crippen molar-refractivity contribution >= 4 is 5.97 Å². The first-order valence-electron chi connectivity index (χ1n) is 5.65. The maximum Gasteiger partial charge on any atom is 0.341 e. The Bertz CT molecular complexity index is 563. The van der Waals surface area contributed by atoms with Crippen LogP contribution in [-0.2, 0) is 4.74 Å². The Kier molecular flexibility index (Phi) is 3.36. The Morgan fingerprint density at radius 3 is 2.78 bits per heavy atom. The van der Waals surface area contributed by atoms with Crippen molar-refractivity contribution in [3.8, 4) is 5.82 Å². The maximum absolute atomic E-state index is 11.8. The van der Waals surface area contributed by atoms with Crippen LogP contribution in [-0.4, -0.2) is 32.3 Å². The van der Waals surface area contributed by atoms with Gasteiger partial charge in [0.05, 0.1) is 24.2 Å². The Balaban J connectivity index is 2.47. The van der Waals surface area contributed by atoms with Crippen LogP contribution in [0.1, 0.15) is 28.7 Å². The fourth-order valence-corrected chi connectivity index (χ4v) is 1.77. The summed E-state index contributed by atoms with van der Waals surface area (Å²) in [6, 6.07) is 0. The van der Waals surface area contributed by atoms with Crippen molar-refractivity contribution in [2.75, 3.05) is 6.61 Å². The van der Waals surface area contributed by atoms with E-state index in [2.05, 4.69) is 15.1 Å². The number of rotatable bonds is 3. The molecule has 18 heavy (non-hydrogen) atoms. The number of hydrogen-bond acceptors (Lipinski definition) is 5. The van der Waals surface area contributed by atoms with Crippen molar-refractivity contribution in [3.63, 3.8) is 0 Å². The molecule has 0 atom stereocenters. The van der Waals surface area contributed by atoms with Crippen molar-refractivity contribution in [3.05, 3.63) is 35.5 Å². The van der Waals surface area contributed by atoms with Gasteiger partial charge in [-0.05, 0) is 20.8 Å². The smallest absolute Gasteiger partial charge is 0.341 e. The second kappa shape index (κ2) is 4.95. The van der Waals surface area contributed by atoms with Crippen LogP contribution in [0.25, 0.3) is 5.82 Å². The highest BCUT2D eigenvalue weighted by Gasteiger charge is 2.20. The summed E-state index contributed by atoms with van der Waals surface area (Å²) in [5.41, 5.74) is 1.81. The maximum atomic E-state index is 11.8. The quantitative estimate of drug-likeness (QED) is 0.767. The van der Waals surface area contributed by atoms with Gasteiger partial charge in [0.15, 0.2) is 5.82 Å². The normalized spacial score (nSPS) is 10.4. The van der Waals surface area contributed by atoms with E-state index in [1.165, 1.54) is 0 Å². The lowest BCUT2D eigenvalue weighted by molar-refractivity contribution is 0.0524. The molecule has 0 bridgehead atoms. The molecule has 0 aliphatic heterocycles. The molecule has 6 nitrogen and oxygen atoms in total. The lowest BCUT2D eigenvalue weighted by Gasteiger charge is -2.03. The molecule has 0 aliphatic carbocycles. The summed E-state index contributed by atoms with van der Waals surface area (Å²) in [6.07, 6.45) is 4.76. The average Bonchev–Trinajstić information content (AvgIpc) is 2.66. The highest BCUT2D eigenvalue weighted by molar-refractivity contribution is 5.92. The Morgan fingerprint density at radius 2 is 2.17 bits per heavy atom. The number of hydrogen-bond donors (Lipinski definition) is 0. The zero-order valence-corrected chi connectivity index (χ0v) is 10.5. The van der Waals surface area contributed by atoms with Crippen molar-refractivity contribution in [2.24, 2.45) is 0 Å². The van der Waals surface area contributed by atoms with Crippen LogP contribution in [0.2, 0.25) is 0 Å². The molecule has 94 valence electrons. The first kappa shape index (κ1) is 12.2. The SMILES string of the molecule is CCOC(=O)c1c(C)nn(-c2cnccn2)c1C. The number of aromatic nitrogens is 4. The summed E-state index contributed by atoms with van der Waals surface area (Å²) in [7, 11) is 0. The molecule has 2 heterocycles. The number of aryl methyl sites for hydroxylation is 1. The minimum atomic E-state index is -0.359. The molecule has 0 unspecified atom stereocenters. The van der Waals surface area contributed by atoms with Gasteiger partial charge in [-0.3, -0.25) is 4.98 Å². The van der Waals surface area contributed by atoms with Crippen molar-refractivity contribution in [1.82, 2.24) is 19.7 Å².